The summed E-state index contributed by atoms with van der Waals surface area (Å²) in [6, 6.07) is 15.7. The van der Waals surface area contributed by atoms with Crippen LogP contribution in [0.4, 0.5) is 0 Å². The Hall–Kier alpha value is -0.840. The fraction of sp³-hybridized carbons (Fsp3) is 0.545. The fourth-order valence-electron chi connectivity index (χ4n) is 4.85. The number of fused-ring (bicyclic) bond motifs is 1. The molecule has 2 atom stereocenters. The van der Waals surface area contributed by atoms with Crippen LogP contribution in [0.15, 0.2) is 42.5 Å². The maximum absolute atomic E-state index is 11.2. The molecule has 2 fully saturated rings. The molecule has 150 valence electrons. The average Bonchev–Trinajstić information content (AvgIpc) is 3.06. The van der Waals surface area contributed by atoms with Crippen LogP contribution >= 0.6 is 24.8 Å². The number of nitrogens with two attached hydrogens (primary N) is 1. The second kappa shape index (κ2) is 9.58. The van der Waals surface area contributed by atoms with Gasteiger partial charge in [0.15, 0.2) is 0 Å². The summed E-state index contributed by atoms with van der Waals surface area (Å²) in [5.74, 6) is 0. The lowest BCUT2D eigenvalue weighted by molar-refractivity contribution is -0.0254. The molecule has 1 heterocycles. The van der Waals surface area contributed by atoms with Gasteiger partial charge in [-0.1, -0.05) is 61.7 Å². The van der Waals surface area contributed by atoms with Crippen LogP contribution in [0, 0.1) is 0 Å². The standard InChI is InChI=1S/C22H30N2O.2ClH/c23-18-11-14-24(16-18)21(15-22(25)12-4-1-5-13-22)20-10-6-8-17-7-2-3-9-19(17)20;;/h2-3,6-10,18,21,25H,1,4-5,11-16,23H2;2*1H/t18-,21?;;/m0../s1. The van der Waals surface area contributed by atoms with Gasteiger partial charge in [0.1, 0.15) is 0 Å². The lowest BCUT2D eigenvalue weighted by Gasteiger charge is -2.39. The van der Waals surface area contributed by atoms with Crippen molar-refractivity contribution in [2.45, 2.75) is 62.6 Å². The van der Waals surface area contributed by atoms with Crippen molar-refractivity contribution in [3.05, 3.63) is 48.0 Å². The first-order chi connectivity index (χ1) is 12.1. The normalized spacial score (nSPS) is 23.4. The molecule has 3 N–H and O–H groups in total. The van der Waals surface area contributed by atoms with Crippen LogP contribution in [0.3, 0.4) is 0 Å². The van der Waals surface area contributed by atoms with E-state index in [1.807, 2.05) is 0 Å². The molecule has 0 amide bonds. The van der Waals surface area contributed by atoms with Crippen molar-refractivity contribution in [3.63, 3.8) is 0 Å². The van der Waals surface area contributed by atoms with Crippen LogP contribution in [0.1, 0.15) is 56.6 Å². The Kier molecular flexibility index (Phi) is 7.96. The number of rotatable bonds is 4. The zero-order valence-electron chi connectivity index (χ0n) is 15.8. The Labute approximate surface area is 175 Å². The molecule has 0 bridgehead atoms. The Morgan fingerprint density at radius 1 is 1.04 bits per heavy atom. The minimum absolute atomic E-state index is 0. The summed E-state index contributed by atoms with van der Waals surface area (Å²) in [4.78, 5) is 2.51. The molecular weight excluding hydrogens is 379 g/mol. The van der Waals surface area contributed by atoms with E-state index in [1.165, 1.54) is 22.8 Å². The predicted molar refractivity (Wildman–Crippen MR) is 118 cm³/mol. The average molecular weight is 411 g/mol. The van der Waals surface area contributed by atoms with Crippen LogP contribution in [-0.2, 0) is 0 Å². The summed E-state index contributed by atoms with van der Waals surface area (Å²) in [6.45, 7) is 1.97. The minimum Gasteiger partial charge on any atom is -0.390 e. The highest BCUT2D eigenvalue weighted by molar-refractivity contribution is 5.86. The van der Waals surface area contributed by atoms with Crippen LogP contribution in [0.5, 0.6) is 0 Å². The molecule has 4 rings (SSSR count). The first-order valence-corrected chi connectivity index (χ1v) is 9.84. The number of benzene rings is 2. The van der Waals surface area contributed by atoms with E-state index < -0.39 is 5.60 Å². The highest BCUT2D eigenvalue weighted by Crippen LogP contribution is 2.41. The Balaban J connectivity index is 0.00000131. The number of hydrogen-bond acceptors (Lipinski definition) is 3. The third-order valence-corrected chi connectivity index (χ3v) is 6.24. The summed E-state index contributed by atoms with van der Waals surface area (Å²) in [5.41, 5.74) is 7.05. The Bertz CT molecular complexity index is 728. The molecule has 1 aliphatic carbocycles. The van der Waals surface area contributed by atoms with E-state index >= 15 is 0 Å². The van der Waals surface area contributed by atoms with E-state index in [0.717, 1.165) is 51.6 Å². The zero-order chi connectivity index (χ0) is 17.3. The smallest absolute Gasteiger partial charge is 0.0666 e. The second-order valence-electron chi connectivity index (χ2n) is 8.12. The van der Waals surface area contributed by atoms with Crippen LogP contribution in [0.25, 0.3) is 10.8 Å². The lowest BCUT2D eigenvalue weighted by Crippen LogP contribution is -2.39. The first-order valence-electron chi connectivity index (χ1n) is 9.84. The third kappa shape index (κ3) is 4.96. The molecule has 2 aromatic rings. The van der Waals surface area contributed by atoms with Gasteiger partial charge in [-0.15, -0.1) is 24.8 Å². The monoisotopic (exact) mass is 410 g/mol. The van der Waals surface area contributed by atoms with Crippen molar-refractivity contribution < 1.29 is 5.11 Å². The van der Waals surface area contributed by atoms with Gasteiger partial charge in [0.2, 0.25) is 0 Å². The molecule has 1 saturated carbocycles. The maximum atomic E-state index is 11.2. The molecule has 27 heavy (non-hydrogen) atoms. The number of hydrogen-bond donors (Lipinski definition) is 2. The van der Waals surface area contributed by atoms with Gasteiger partial charge in [0.25, 0.3) is 0 Å². The van der Waals surface area contributed by atoms with Gasteiger partial charge in [0, 0.05) is 25.2 Å². The molecule has 0 aromatic heterocycles. The fourth-order valence-corrected chi connectivity index (χ4v) is 4.85. The molecular formula is C22H32Cl2N2O. The summed E-state index contributed by atoms with van der Waals surface area (Å²) in [6.07, 6.45) is 7.32. The first kappa shape index (κ1) is 22.4. The van der Waals surface area contributed by atoms with E-state index in [1.54, 1.807) is 0 Å². The van der Waals surface area contributed by atoms with Crippen LogP contribution in [0.2, 0.25) is 0 Å². The highest BCUT2D eigenvalue weighted by atomic mass is 35.5. The molecule has 2 aliphatic rings. The second-order valence-corrected chi connectivity index (χ2v) is 8.12. The SMILES string of the molecule is Cl.Cl.N[C@H]1CCN(C(CC2(O)CCCCC2)c2cccc3ccccc23)C1. The van der Waals surface area contributed by atoms with Gasteiger partial charge in [0.05, 0.1) is 5.60 Å². The number of aliphatic hydroxyl groups is 1. The summed E-state index contributed by atoms with van der Waals surface area (Å²) < 4.78 is 0. The van der Waals surface area contributed by atoms with Gasteiger partial charge in [-0.05, 0) is 42.0 Å². The van der Waals surface area contributed by atoms with Crippen molar-refractivity contribution in [3.8, 4) is 0 Å². The van der Waals surface area contributed by atoms with E-state index in [9.17, 15) is 5.11 Å². The van der Waals surface area contributed by atoms with Crippen LogP contribution in [-0.4, -0.2) is 34.7 Å². The Morgan fingerprint density at radius 2 is 1.74 bits per heavy atom. The number of nitrogens with zero attached hydrogens (tertiary/aromatic N) is 1. The largest absolute Gasteiger partial charge is 0.390 e. The van der Waals surface area contributed by atoms with Gasteiger partial charge >= 0.3 is 0 Å². The minimum atomic E-state index is -0.521. The predicted octanol–water partition coefficient (Wildman–Crippen LogP) is 4.84. The van der Waals surface area contributed by atoms with Crippen molar-refractivity contribution >= 4 is 35.6 Å². The van der Waals surface area contributed by atoms with Crippen LogP contribution < -0.4 is 5.73 Å². The van der Waals surface area contributed by atoms with Crippen molar-refractivity contribution in [2.75, 3.05) is 13.1 Å². The molecule has 1 saturated heterocycles. The quantitative estimate of drug-likeness (QED) is 0.757. The van der Waals surface area contributed by atoms with Crippen molar-refractivity contribution in [1.82, 2.24) is 4.90 Å². The van der Waals surface area contributed by atoms with Gasteiger partial charge < -0.3 is 10.8 Å². The van der Waals surface area contributed by atoms with Crippen molar-refractivity contribution in [2.24, 2.45) is 5.73 Å². The topological polar surface area (TPSA) is 49.5 Å². The Morgan fingerprint density at radius 3 is 2.44 bits per heavy atom. The third-order valence-electron chi connectivity index (χ3n) is 6.24. The molecule has 0 radical (unpaired) electrons. The van der Waals surface area contributed by atoms with E-state index in [4.69, 9.17) is 5.73 Å². The molecule has 1 aliphatic heterocycles. The zero-order valence-corrected chi connectivity index (χ0v) is 17.5. The number of likely N-dealkylation sites (tertiary alicyclic amines) is 1. The van der Waals surface area contributed by atoms with E-state index in [0.29, 0.717) is 0 Å². The van der Waals surface area contributed by atoms with E-state index in [-0.39, 0.29) is 36.9 Å². The molecule has 3 nitrogen and oxygen atoms in total. The molecule has 2 aromatic carbocycles. The van der Waals surface area contributed by atoms with Gasteiger partial charge in [-0.25, -0.2) is 0 Å². The van der Waals surface area contributed by atoms with Gasteiger partial charge in [-0.2, -0.15) is 0 Å². The summed E-state index contributed by atoms with van der Waals surface area (Å²) in [7, 11) is 0. The van der Waals surface area contributed by atoms with Gasteiger partial charge in [-0.3, -0.25) is 4.90 Å². The molecule has 1 unspecified atom stereocenters. The maximum Gasteiger partial charge on any atom is 0.0666 e. The summed E-state index contributed by atoms with van der Waals surface area (Å²) in [5, 5.41) is 13.8. The van der Waals surface area contributed by atoms with Crippen molar-refractivity contribution in [1.29, 1.82) is 0 Å². The number of halogens is 2. The molecule has 5 heteroatoms. The highest BCUT2D eigenvalue weighted by Gasteiger charge is 2.37. The lowest BCUT2D eigenvalue weighted by atomic mass is 9.78. The van der Waals surface area contributed by atoms with E-state index in [2.05, 4.69) is 47.4 Å². The molecule has 0 spiro atoms. The summed E-state index contributed by atoms with van der Waals surface area (Å²) >= 11 is 0.